The summed E-state index contributed by atoms with van der Waals surface area (Å²) in [5.41, 5.74) is -0.818. The van der Waals surface area contributed by atoms with Crippen LogP contribution in [0.25, 0.3) is 0 Å². The fraction of sp³-hybridized carbons (Fsp3) is 0.389. The first-order valence-electron chi connectivity index (χ1n) is 7.98. The van der Waals surface area contributed by atoms with E-state index in [4.69, 9.17) is 0 Å². The zero-order valence-corrected chi connectivity index (χ0v) is 14.3. The summed E-state index contributed by atoms with van der Waals surface area (Å²) in [5.74, 6) is -5.14. The summed E-state index contributed by atoms with van der Waals surface area (Å²) in [6.07, 6.45) is 0.288. The minimum atomic E-state index is -1.20. The molecule has 2 unspecified atom stereocenters. The third-order valence-corrected chi connectivity index (χ3v) is 4.79. The van der Waals surface area contributed by atoms with Crippen molar-refractivity contribution in [3.05, 3.63) is 30.1 Å². The van der Waals surface area contributed by atoms with Crippen LogP contribution in [0.4, 0.5) is 10.1 Å². The van der Waals surface area contributed by atoms with Crippen LogP contribution in [0, 0.1) is 45.7 Å². The van der Waals surface area contributed by atoms with Gasteiger partial charge >= 0.3 is 0 Å². The molecule has 0 aliphatic carbocycles. The Morgan fingerprint density at radius 1 is 1.19 bits per heavy atom. The molecule has 7 nitrogen and oxygen atoms in total. The largest absolute Gasteiger partial charge is 0.325 e. The SMILES string of the molecule is CCC1(C)C(C#N)C(=O)N(CC(=O)Nc2ccc(F)cc2)C(=O)C1C#N. The fourth-order valence-electron chi connectivity index (χ4n) is 3.00. The van der Waals surface area contributed by atoms with Crippen molar-refractivity contribution in [1.82, 2.24) is 4.90 Å². The third-order valence-electron chi connectivity index (χ3n) is 4.79. The molecule has 0 saturated carbocycles. The molecule has 134 valence electrons. The zero-order chi connectivity index (χ0) is 19.5. The van der Waals surface area contributed by atoms with E-state index in [2.05, 4.69) is 5.32 Å². The fourth-order valence-corrected chi connectivity index (χ4v) is 3.00. The number of anilines is 1. The highest BCUT2D eigenvalue weighted by atomic mass is 19.1. The maximum Gasteiger partial charge on any atom is 0.247 e. The Morgan fingerprint density at radius 2 is 1.69 bits per heavy atom. The van der Waals surface area contributed by atoms with Gasteiger partial charge in [0.15, 0.2) is 0 Å². The standard InChI is InChI=1S/C18H17FN4O3/c1-3-18(2)13(8-20)16(25)23(17(26)14(18)9-21)10-15(24)22-12-6-4-11(19)5-7-12/h4-7,13-14H,3,10H2,1-2H3,(H,22,24). The number of halogens is 1. The average Bonchev–Trinajstić information content (AvgIpc) is 2.61. The lowest BCUT2D eigenvalue weighted by Crippen LogP contribution is -2.59. The molecule has 0 aromatic heterocycles. The highest BCUT2D eigenvalue weighted by Crippen LogP contribution is 2.44. The molecule has 1 fully saturated rings. The Morgan fingerprint density at radius 3 is 2.12 bits per heavy atom. The van der Waals surface area contributed by atoms with Gasteiger partial charge in [-0.3, -0.25) is 19.3 Å². The highest BCUT2D eigenvalue weighted by molar-refractivity contribution is 6.07. The number of hydrogen-bond donors (Lipinski definition) is 1. The van der Waals surface area contributed by atoms with Gasteiger partial charge in [-0.15, -0.1) is 0 Å². The Balaban J connectivity index is 2.23. The maximum atomic E-state index is 12.9. The van der Waals surface area contributed by atoms with Crippen LogP contribution in [0.5, 0.6) is 0 Å². The van der Waals surface area contributed by atoms with Crippen molar-refractivity contribution in [2.75, 3.05) is 11.9 Å². The van der Waals surface area contributed by atoms with Gasteiger partial charge in [0, 0.05) is 11.1 Å². The van der Waals surface area contributed by atoms with E-state index in [1.807, 2.05) is 12.1 Å². The van der Waals surface area contributed by atoms with Crippen molar-refractivity contribution in [3.63, 3.8) is 0 Å². The minimum absolute atomic E-state index is 0.288. The lowest BCUT2D eigenvalue weighted by Gasteiger charge is -2.43. The summed E-state index contributed by atoms with van der Waals surface area (Å²) >= 11 is 0. The summed E-state index contributed by atoms with van der Waals surface area (Å²) in [6, 6.07) is 8.70. The Labute approximate surface area is 150 Å². The molecule has 1 saturated heterocycles. The topological polar surface area (TPSA) is 114 Å². The van der Waals surface area contributed by atoms with Crippen LogP contribution >= 0.6 is 0 Å². The molecule has 0 bridgehead atoms. The van der Waals surface area contributed by atoms with Gasteiger partial charge in [0.1, 0.15) is 24.2 Å². The van der Waals surface area contributed by atoms with Gasteiger partial charge in [0.25, 0.3) is 0 Å². The normalized spacial score (nSPS) is 25.3. The van der Waals surface area contributed by atoms with E-state index in [9.17, 15) is 29.3 Å². The van der Waals surface area contributed by atoms with Gasteiger partial charge in [-0.2, -0.15) is 10.5 Å². The first kappa shape index (κ1) is 19.1. The number of rotatable bonds is 4. The number of amides is 3. The summed E-state index contributed by atoms with van der Waals surface area (Å²) < 4.78 is 12.9. The molecule has 1 aromatic rings. The number of imide groups is 1. The van der Waals surface area contributed by atoms with E-state index in [1.54, 1.807) is 13.8 Å². The van der Waals surface area contributed by atoms with Crippen molar-refractivity contribution in [2.45, 2.75) is 20.3 Å². The number of carbonyl (C=O) groups is 3. The molecule has 1 aliphatic heterocycles. The number of nitrogens with zero attached hydrogens (tertiary/aromatic N) is 3. The van der Waals surface area contributed by atoms with E-state index in [1.165, 1.54) is 12.1 Å². The Hall–Kier alpha value is -3.26. The van der Waals surface area contributed by atoms with Crippen molar-refractivity contribution >= 4 is 23.4 Å². The second kappa shape index (κ2) is 7.32. The second-order valence-electron chi connectivity index (χ2n) is 6.30. The molecule has 1 heterocycles. The van der Waals surface area contributed by atoms with Crippen LogP contribution in [-0.2, 0) is 14.4 Å². The van der Waals surface area contributed by atoms with Crippen LogP contribution in [0.3, 0.4) is 0 Å². The molecule has 0 spiro atoms. The van der Waals surface area contributed by atoms with Crippen LogP contribution in [-0.4, -0.2) is 29.2 Å². The quantitative estimate of drug-likeness (QED) is 0.827. The molecule has 8 heteroatoms. The molecular weight excluding hydrogens is 339 g/mol. The van der Waals surface area contributed by atoms with E-state index >= 15 is 0 Å². The Bertz CT molecular complexity index is 788. The van der Waals surface area contributed by atoms with Gasteiger partial charge in [0.05, 0.1) is 12.1 Å². The van der Waals surface area contributed by atoms with Gasteiger partial charge in [-0.25, -0.2) is 4.39 Å². The number of benzene rings is 1. The Kier molecular flexibility index (Phi) is 5.37. The predicted molar refractivity (Wildman–Crippen MR) is 88.4 cm³/mol. The summed E-state index contributed by atoms with van der Waals surface area (Å²) in [4.78, 5) is 38.0. The van der Waals surface area contributed by atoms with Crippen molar-refractivity contribution in [3.8, 4) is 12.1 Å². The lowest BCUT2D eigenvalue weighted by molar-refractivity contribution is -0.162. The van der Waals surface area contributed by atoms with E-state index < -0.39 is 47.3 Å². The maximum absolute atomic E-state index is 12.9. The monoisotopic (exact) mass is 356 g/mol. The minimum Gasteiger partial charge on any atom is -0.325 e. The molecule has 26 heavy (non-hydrogen) atoms. The molecule has 3 amide bonds. The van der Waals surface area contributed by atoms with Gasteiger partial charge in [-0.1, -0.05) is 13.8 Å². The van der Waals surface area contributed by atoms with E-state index in [0.29, 0.717) is 10.6 Å². The molecule has 2 rings (SSSR count). The van der Waals surface area contributed by atoms with Gasteiger partial charge < -0.3 is 5.32 Å². The van der Waals surface area contributed by atoms with E-state index in [0.717, 1.165) is 12.1 Å². The van der Waals surface area contributed by atoms with Crippen molar-refractivity contribution in [2.24, 2.45) is 17.3 Å². The van der Waals surface area contributed by atoms with Gasteiger partial charge in [-0.05, 0) is 30.7 Å². The number of nitriles is 2. The van der Waals surface area contributed by atoms with Crippen LogP contribution in [0.2, 0.25) is 0 Å². The average molecular weight is 356 g/mol. The highest BCUT2D eigenvalue weighted by Gasteiger charge is 2.55. The van der Waals surface area contributed by atoms with E-state index in [-0.39, 0.29) is 6.42 Å². The summed E-state index contributed by atoms with van der Waals surface area (Å²) in [5, 5.41) is 21.2. The molecule has 1 aliphatic rings. The molecule has 1 N–H and O–H groups in total. The first-order valence-corrected chi connectivity index (χ1v) is 7.98. The molecule has 0 radical (unpaired) electrons. The second-order valence-corrected chi connectivity index (χ2v) is 6.30. The van der Waals surface area contributed by atoms with Crippen LogP contribution in [0.15, 0.2) is 24.3 Å². The number of likely N-dealkylation sites (tertiary alicyclic amines) is 1. The van der Waals surface area contributed by atoms with Crippen LogP contribution < -0.4 is 5.32 Å². The molecular formula is C18H17FN4O3. The lowest BCUT2D eigenvalue weighted by atomic mass is 9.63. The number of hydrogen-bond acceptors (Lipinski definition) is 5. The summed E-state index contributed by atoms with van der Waals surface area (Å²) in [6.45, 7) is 2.64. The van der Waals surface area contributed by atoms with Gasteiger partial charge in [0.2, 0.25) is 17.7 Å². The third kappa shape index (κ3) is 3.27. The molecule has 1 aromatic carbocycles. The van der Waals surface area contributed by atoms with Crippen molar-refractivity contribution in [1.29, 1.82) is 10.5 Å². The summed E-state index contributed by atoms with van der Waals surface area (Å²) in [7, 11) is 0. The smallest absolute Gasteiger partial charge is 0.247 e. The van der Waals surface area contributed by atoms with Crippen molar-refractivity contribution < 1.29 is 18.8 Å². The number of carbonyl (C=O) groups excluding carboxylic acids is 3. The zero-order valence-electron chi connectivity index (χ0n) is 14.3. The predicted octanol–water partition coefficient (Wildman–Crippen LogP) is 1.83. The number of nitrogens with one attached hydrogen (secondary N) is 1. The molecule has 2 atom stereocenters. The van der Waals surface area contributed by atoms with Crippen LogP contribution in [0.1, 0.15) is 20.3 Å². The number of piperidine rings is 1. The first-order chi connectivity index (χ1) is 12.3.